The zero-order chi connectivity index (χ0) is 9.42. The largest absolute Gasteiger partial charge is 0.264 e. The van der Waals surface area contributed by atoms with Gasteiger partial charge in [-0.3, -0.25) is 4.98 Å². The molecule has 1 aromatic carbocycles. The fourth-order valence-corrected chi connectivity index (χ4v) is 2.91. The smallest absolute Gasteiger partial charge is 0.0412 e. The highest BCUT2D eigenvalue weighted by Gasteiger charge is 2.06. The van der Waals surface area contributed by atoms with E-state index in [2.05, 4.69) is 52.8 Å². The van der Waals surface area contributed by atoms with E-state index >= 15 is 0 Å². The van der Waals surface area contributed by atoms with Gasteiger partial charge in [-0.2, -0.15) is 0 Å². The van der Waals surface area contributed by atoms with E-state index in [0.29, 0.717) is 0 Å². The standard InChI is InChI=1S/C9H4Br3N/c10-7-3-8(11)9(12)6-4-13-2-1-5(6)7/h1-4H. The van der Waals surface area contributed by atoms with Crippen molar-refractivity contribution >= 4 is 58.6 Å². The van der Waals surface area contributed by atoms with Gasteiger partial charge in [0.2, 0.25) is 0 Å². The molecule has 0 bridgehead atoms. The van der Waals surface area contributed by atoms with Crippen LogP contribution in [-0.2, 0) is 0 Å². The molecule has 0 aliphatic rings. The van der Waals surface area contributed by atoms with Gasteiger partial charge in [0.1, 0.15) is 0 Å². The second-order valence-electron chi connectivity index (χ2n) is 2.58. The molecule has 4 heteroatoms. The van der Waals surface area contributed by atoms with Gasteiger partial charge in [0.15, 0.2) is 0 Å². The third kappa shape index (κ3) is 1.67. The van der Waals surface area contributed by atoms with Crippen LogP contribution in [0.1, 0.15) is 0 Å². The molecule has 0 unspecified atom stereocenters. The average molecular weight is 366 g/mol. The van der Waals surface area contributed by atoms with Crippen molar-refractivity contribution in [2.75, 3.05) is 0 Å². The molecule has 0 spiro atoms. The molecule has 0 aliphatic heterocycles. The molecule has 0 saturated carbocycles. The minimum Gasteiger partial charge on any atom is -0.264 e. The van der Waals surface area contributed by atoms with Crippen LogP contribution in [0, 0.1) is 0 Å². The maximum absolute atomic E-state index is 4.08. The fourth-order valence-electron chi connectivity index (χ4n) is 1.16. The quantitative estimate of drug-likeness (QED) is 0.625. The Labute approximate surface area is 101 Å². The van der Waals surface area contributed by atoms with Gasteiger partial charge in [-0.1, -0.05) is 15.9 Å². The predicted octanol–water partition coefficient (Wildman–Crippen LogP) is 4.52. The van der Waals surface area contributed by atoms with Crippen molar-refractivity contribution in [2.24, 2.45) is 0 Å². The summed E-state index contributed by atoms with van der Waals surface area (Å²) in [5.41, 5.74) is 0. The Bertz CT molecular complexity index is 468. The molecule has 66 valence electrons. The number of fused-ring (bicyclic) bond motifs is 1. The summed E-state index contributed by atoms with van der Waals surface area (Å²) in [6.07, 6.45) is 3.63. The van der Waals surface area contributed by atoms with Crippen molar-refractivity contribution in [3.63, 3.8) is 0 Å². The highest BCUT2D eigenvalue weighted by molar-refractivity contribution is 9.13. The summed E-state index contributed by atoms with van der Waals surface area (Å²) in [4.78, 5) is 4.08. The molecule has 0 amide bonds. The Balaban J connectivity index is 2.97. The molecule has 0 N–H and O–H groups in total. The molecule has 0 atom stereocenters. The van der Waals surface area contributed by atoms with Crippen LogP contribution in [0.3, 0.4) is 0 Å². The first-order valence-electron chi connectivity index (χ1n) is 3.57. The Morgan fingerprint density at radius 3 is 2.54 bits per heavy atom. The second kappa shape index (κ2) is 3.67. The molecule has 0 saturated heterocycles. The lowest BCUT2D eigenvalue weighted by Gasteiger charge is -2.04. The number of benzene rings is 1. The van der Waals surface area contributed by atoms with E-state index < -0.39 is 0 Å². The van der Waals surface area contributed by atoms with Crippen molar-refractivity contribution in [2.45, 2.75) is 0 Å². The number of hydrogen-bond donors (Lipinski definition) is 0. The molecule has 0 radical (unpaired) electrons. The molecular weight excluding hydrogens is 362 g/mol. The van der Waals surface area contributed by atoms with E-state index in [1.807, 2.05) is 18.3 Å². The van der Waals surface area contributed by atoms with Gasteiger partial charge in [-0.25, -0.2) is 0 Å². The second-order valence-corrected chi connectivity index (χ2v) is 5.08. The molecule has 1 nitrogen and oxygen atoms in total. The molecule has 1 aromatic heterocycles. The van der Waals surface area contributed by atoms with Crippen LogP contribution in [-0.4, -0.2) is 4.98 Å². The zero-order valence-electron chi connectivity index (χ0n) is 6.39. The lowest BCUT2D eigenvalue weighted by atomic mass is 10.2. The van der Waals surface area contributed by atoms with Crippen LogP contribution < -0.4 is 0 Å². The van der Waals surface area contributed by atoms with Crippen LogP contribution in [0.15, 0.2) is 37.9 Å². The number of halogens is 3. The number of aromatic nitrogens is 1. The summed E-state index contributed by atoms with van der Waals surface area (Å²) in [5, 5.41) is 2.26. The number of pyridine rings is 1. The molecule has 0 fully saturated rings. The average Bonchev–Trinajstić information content (AvgIpc) is 2.15. The number of nitrogens with zero attached hydrogens (tertiary/aromatic N) is 1. The molecular formula is C9H4Br3N. The third-order valence-electron chi connectivity index (χ3n) is 1.78. The molecule has 13 heavy (non-hydrogen) atoms. The van der Waals surface area contributed by atoms with Gasteiger partial charge < -0.3 is 0 Å². The maximum atomic E-state index is 4.08. The third-order valence-corrected chi connectivity index (χ3v) is 4.45. The van der Waals surface area contributed by atoms with Crippen LogP contribution in [0.2, 0.25) is 0 Å². The Kier molecular flexibility index (Phi) is 2.72. The normalized spacial score (nSPS) is 10.7. The van der Waals surface area contributed by atoms with Crippen LogP contribution in [0.25, 0.3) is 10.8 Å². The van der Waals surface area contributed by atoms with Gasteiger partial charge in [-0.15, -0.1) is 0 Å². The summed E-state index contributed by atoms with van der Waals surface area (Å²) in [5.74, 6) is 0. The summed E-state index contributed by atoms with van der Waals surface area (Å²) >= 11 is 10.5. The van der Waals surface area contributed by atoms with Crippen LogP contribution in [0.4, 0.5) is 0 Å². The summed E-state index contributed by atoms with van der Waals surface area (Å²) < 4.78 is 3.14. The zero-order valence-corrected chi connectivity index (χ0v) is 11.1. The van der Waals surface area contributed by atoms with Gasteiger partial charge in [0.25, 0.3) is 0 Å². The summed E-state index contributed by atoms with van der Waals surface area (Å²) in [6.45, 7) is 0. The SMILES string of the molecule is Brc1cc(Br)c2ccncc2c1Br. The van der Waals surface area contributed by atoms with E-state index in [-0.39, 0.29) is 0 Å². The Morgan fingerprint density at radius 1 is 1.00 bits per heavy atom. The maximum Gasteiger partial charge on any atom is 0.0412 e. The van der Waals surface area contributed by atoms with E-state index in [1.54, 1.807) is 6.20 Å². The summed E-state index contributed by atoms with van der Waals surface area (Å²) in [7, 11) is 0. The molecule has 2 aromatic rings. The minimum atomic E-state index is 1.03. The Hall–Kier alpha value is 0.0700. The minimum absolute atomic E-state index is 1.03. The Morgan fingerprint density at radius 2 is 1.77 bits per heavy atom. The predicted molar refractivity (Wildman–Crippen MR) is 64.8 cm³/mol. The van der Waals surface area contributed by atoms with E-state index in [9.17, 15) is 0 Å². The van der Waals surface area contributed by atoms with Crippen molar-refractivity contribution in [1.82, 2.24) is 4.98 Å². The molecule has 1 heterocycles. The van der Waals surface area contributed by atoms with Gasteiger partial charge in [-0.05, 0) is 44.0 Å². The lowest BCUT2D eigenvalue weighted by molar-refractivity contribution is 1.36. The summed E-state index contributed by atoms with van der Waals surface area (Å²) in [6, 6.07) is 4.00. The first-order chi connectivity index (χ1) is 6.20. The number of rotatable bonds is 0. The topological polar surface area (TPSA) is 12.9 Å². The van der Waals surface area contributed by atoms with Gasteiger partial charge in [0.05, 0.1) is 0 Å². The van der Waals surface area contributed by atoms with Gasteiger partial charge in [0, 0.05) is 36.6 Å². The van der Waals surface area contributed by atoms with Crippen LogP contribution >= 0.6 is 47.8 Å². The molecule has 2 rings (SSSR count). The monoisotopic (exact) mass is 363 g/mol. The first-order valence-corrected chi connectivity index (χ1v) is 5.95. The van der Waals surface area contributed by atoms with Crippen molar-refractivity contribution in [3.8, 4) is 0 Å². The number of hydrogen-bond acceptors (Lipinski definition) is 1. The van der Waals surface area contributed by atoms with E-state index in [4.69, 9.17) is 0 Å². The highest BCUT2D eigenvalue weighted by Crippen LogP contribution is 2.35. The fraction of sp³-hybridized carbons (Fsp3) is 0. The van der Waals surface area contributed by atoms with Crippen LogP contribution in [0.5, 0.6) is 0 Å². The van der Waals surface area contributed by atoms with Crippen molar-refractivity contribution < 1.29 is 0 Å². The van der Waals surface area contributed by atoms with E-state index in [1.165, 1.54) is 0 Å². The van der Waals surface area contributed by atoms with Crippen molar-refractivity contribution in [1.29, 1.82) is 0 Å². The molecule has 0 aliphatic carbocycles. The highest BCUT2D eigenvalue weighted by atomic mass is 79.9. The lowest BCUT2D eigenvalue weighted by Crippen LogP contribution is -1.80. The van der Waals surface area contributed by atoms with Gasteiger partial charge >= 0.3 is 0 Å². The van der Waals surface area contributed by atoms with Crippen molar-refractivity contribution in [3.05, 3.63) is 37.9 Å². The first kappa shape index (κ1) is 9.62. The van der Waals surface area contributed by atoms with E-state index in [0.717, 1.165) is 24.2 Å².